The summed E-state index contributed by atoms with van der Waals surface area (Å²) in [5.41, 5.74) is 1.42. The molecule has 0 spiro atoms. The van der Waals surface area contributed by atoms with Crippen LogP contribution >= 0.6 is 0 Å². The van der Waals surface area contributed by atoms with Crippen LogP contribution in [-0.2, 0) is 13.1 Å². The van der Waals surface area contributed by atoms with Crippen molar-refractivity contribution in [3.05, 3.63) is 71.8 Å². The highest BCUT2D eigenvalue weighted by Gasteiger charge is 2.25. The maximum absolute atomic E-state index is 11.5. The van der Waals surface area contributed by atoms with Crippen molar-refractivity contribution in [2.45, 2.75) is 13.1 Å². The third kappa shape index (κ3) is 3.99. The van der Waals surface area contributed by atoms with Gasteiger partial charge < -0.3 is 10.2 Å². The summed E-state index contributed by atoms with van der Waals surface area (Å²) in [6, 6.07) is 17.7. The molecule has 0 fully saturated rings. The van der Waals surface area contributed by atoms with Crippen molar-refractivity contribution in [2.24, 2.45) is 0 Å². The lowest BCUT2D eigenvalue weighted by Crippen LogP contribution is -2.47. The molecule has 0 unspecified atom stereocenters. The molecule has 0 aliphatic carbocycles. The fourth-order valence-electron chi connectivity index (χ4n) is 2.03. The Labute approximate surface area is 127 Å². The Morgan fingerprint density at radius 2 is 1.00 bits per heavy atom. The molecule has 6 nitrogen and oxygen atoms in total. The van der Waals surface area contributed by atoms with E-state index in [1.165, 1.54) is 0 Å². The van der Waals surface area contributed by atoms with Crippen molar-refractivity contribution >= 4 is 12.2 Å². The molecular weight excluding hydrogens is 284 g/mol. The molecule has 22 heavy (non-hydrogen) atoms. The first-order chi connectivity index (χ1) is 10.6. The molecule has 0 saturated carbocycles. The quantitative estimate of drug-likeness (QED) is 0.849. The topological polar surface area (TPSA) is 81.1 Å². The first kappa shape index (κ1) is 15.4. The third-order valence-electron chi connectivity index (χ3n) is 3.08. The second-order valence-corrected chi connectivity index (χ2v) is 4.65. The van der Waals surface area contributed by atoms with Gasteiger partial charge in [-0.3, -0.25) is 0 Å². The molecule has 2 N–H and O–H groups in total. The molecular formula is C16H16N2O4. The van der Waals surface area contributed by atoms with E-state index in [2.05, 4.69) is 0 Å². The molecule has 0 bridgehead atoms. The number of benzene rings is 2. The fourth-order valence-corrected chi connectivity index (χ4v) is 2.03. The molecule has 2 aromatic rings. The van der Waals surface area contributed by atoms with Gasteiger partial charge in [0, 0.05) is 0 Å². The molecule has 6 heteroatoms. The van der Waals surface area contributed by atoms with E-state index in [4.69, 9.17) is 0 Å². The smallest absolute Gasteiger partial charge is 0.426 e. The number of rotatable bonds is 4. The number of nitrogens with zero attached hydrogens (tertiary/aromatic N) is 2. The normalized spacial score (nSPS) is 10.0. The number of carbonyl (C=O) groups is 2. The number of hydrogen-bond donors (Lipinski definition) is 2. The Hall–Kier alpha value is -3.02. The van der Waals surface area contributed by atoms with Gasteiger partial charge in [-0.1, -0.05) is 60.7 Å². The number of hydrazine groups is 1. The maximum Gasteiger partial charge on any atom is 0.426 e. The maximum atomic E-state index is 11.5. The zero-order chi connectivity index (χ0) is 15.9. The van der Waals surface area contributed by atoms with Crippen molar-refractivity contribution in [1.82, 2.24) is 10.0 Å². The standard InChI is InChI=1S/C16H16N2O4/c19-15(20)17(11-13-7-3-1-4-8-13)18(16(21)22)12-14-9-5-2-6-10-14/h1-10H,11-12H2,(H,19,20)(H,21,22). The molecule has 0 aliphatic rings. The lowest BCUT2D eigenvalue weighted by atomic mass is 10.2. The first-order valence-corrected chi connectivity index (χ1v) is 6.66. The summed E-state index contributed by atoms with van der Waals surface area (Å²) >= 11 is 0. The monoisotopic (exact) mass is 300 g/mol. The highest BCUT2D eigenvalue weighted by atomic mass is 16.4. The number of hydrogen-bond acceptors (Lipinski definition) is 2. The van der Waals surface area contributed by atoms with Gasteiger partial charge in [-0.25, -0.2) is 19.6 Å². The summed E-state index contributed by atoms with van der Waals surface area (Å²) in [6.07, 6.45) is -2.63. The molecule has 2 rings (SSSR count). The van der Waals surface area contributed by atoms with Crippen molar-refractivity contribution in [3.8, 4) is 0 Å². The second-order valence-electron chi connectivity index (χ2n) is 4.65. The van der Waals surface area contributed by atoms with Crippen molar-refractivity contribution in [2.75, 3.05) is 0 Å². The number of carboxylic acid groups (broad SMARTS) is 2. The second kappa shape index (κ2) is 7.12. The molecule has 2 aromatic carbocycles. The van der Waals surface area contributed by atoms with Crippen LogP contribution < -0.4 is 0 Å². The van der Waals surface area contributed by atoms with Crippen LogP contribution in [0.25, 0.3) is 0 Å². The molecule has 0 saturated heterocycles. The van der Waals surface area contributed by atoms with Crippen molar-refractivity contribution in [1.29, 1.82) is 0 Å². The van der Waals surface area contributed by atoms with E-state index >= 15 is 0 Å². The van der Waals surface area contributed by atoms with Crippen LogP contribution in [0, 0.1) is 0 Å². The largest absolute Gasteiger partial charge is 0.464 e. The van der Waals surface area contributed by atoms with E-state index in [9.17, 15) is 19.8 Å². The lowest BCUT2D eigenvalue weighted by molar-refractivity contribution is -0.00956. The van der Waals surface area contributed by atoms with Gasteiger partial charge in [-0.15, -0.1) is 0 Å². The Balaban J connectivity index is 2.22. The molecule has 0 aromatic heterocycles. The highest BCUT2D eigenvalue weighted by Crippen LogP contribution is 2.13. The minimum absolute atomic E-state index is 0.0324. The number of amides is 2. The predicted octanol–water partition coefficient (Wildman–Crippen LogP) is 3.26. The summed E-state index contributed by atoms with van der Waals surface area (Å²) in [5, 5.41) is 20.3. The van der Waals surface area contributed by atoms with E-state index in [0.29, 0.717) is 11.1 Å². The van der Waals surface area contributed by atoms with Crippen LogP contribution in [0.3, 0.4) is 0 Å². The Morgan fingerprint density at radius 3 is 1.27 bits per heavy atom. The summed E-state index contributed by atoms with van der Waals surface area (Å²) in [6.45, 7) is -0.0649. The zero-order valence-corrected chi connectivity index (χ0v) is 11.8. The van der Waals surface area contributed by atoms with E-state index < -0.39 is 12.2 Å². The minimum Gasteiger partial charge on any atom is -0.464 e. The molecule has 0 heterocycles. The van der Waals surface area contributed by atoms with Crippen LogP contribution in [0.15, 0.2) is 60.7 Å². The van der Waals surface area contributed by atoms with Gasteiger partial charge in [0.05, 0.1) is 13.1 Å². The van der Waals surface area contributed by atoms with Gasteiger partial charge in [-0.05, 0) is 11.1 Å². The van der Waals surface area contributed by atoms with Gasteiger partial charge in [0.15, 0.2) is 0 Å². The van der Waals surface area contributed by atoms with Crippen LogP contribution in [0.5, 0.6) is 0 Å². The highest BCUT2D eigenvalue weighted by molar-refractivity contribution is 5.71. The SMILES string of the molecule is O=C(O)N(Cc1ccccc1)N(Cc1ccccc1)C(=O)O. The summed E-state index contributed by atoms with van der Waals surface area (Å²) in [7, 11) is 0. The van der Waals surface area contributed by atoms with Gasteiger partial charge in [0.1, 0.15) is 0 Å². The molecule has 114 valence electrons. The zero-order valence-electron chi connectivity index (χ0n) is 11.8. The van der Waals surface area contributed by atoms with Gasteiger partial charge >= 0.3 is 12.2 Å². The summed E-state index contributed by atoms with van der Waals surface area (Å²) < 4.78 is 0. The Bertz CT molecular complexity index is 574. The predicted molar refractivity (Wildman–Crippen MR) is 80.0 cm³/mol. The minimum atomic E-state index is -1.32. The van der Waals surface area contributed by atoms with Gasteiger partial charge in [0.2, 0.25) is 0 Å². The van der Waals surface area contributed by atoms with E-state index in [1.807, 2.05) is 12.1 Å². The average molecular weight is 300 g/mol. The van der Waals surface area contributed by atoms with E-state index in [1.54, 1.807) is 48.5 Å². The van der Waals surface area contributed by atoms with Crippen LogP contribution in [-0.4, -0.2) is 32.4 Å². The summed E-state index contributed by atoms with van der Waals surface area (Å²) in [4.78, 5) is 22.9. The van der Waals surface area contributed by atoms with Gasteiger partial charge in [0.25, 0.3) is 0 Å². The Morgan fingerprint density at radius 1 is 0.682 bits per heavy atom. The summed E-state index contributed by atoms with van der Waals surface area (Å²) in [5.74, 6) is 0. The lowest BCUT2D eigenvalue weighted by Gasteiger charge is -2.30. The van der Waals surface area contributed by atoms with Crippen LogP contribution in [0.1, 0.15) is 11.1 Å². The molecule has 0 aliphatic heterocycles. The molecule has 2 amide bonds. The van der Waals surface area contributed by atoms with Crippen molar-refractivity contribution < 1.29 is 19.8 Å². The third-order valence-corrected chi connectivity index (χ3v) is 3.08. The first-order valence-electron chi connectivity index (χ1n) is 6.66. The van der Waals surface area contributed by atoms with Crippen LogP contribution in [0.4, 0.5) is 9.59 Å². The van der Waals surface area contributed by atoms with Crippen LogP contribution in [0.2, 0.25) is 0 Å². The fraction of sp³-hybridized carbons (Fsp3) is 0.125. The average Bonchev–Trinajstić information content (AvgIpc) is 2.52. The van der Waals surface area contributed by atoms with Gasteiger partial charge in [-0.2, -0.15) is 0 Å². The van der Waals surface area contributed by atoms with E-state index in [-0.39, 0.29) is 13.1 Å². The molecule has 0 radical (unpaired) electrons. The molecule has 0 atom stereocenters. The van der Waals surface area contributed by atoms with E-state index in [0.717, 1.165) is 10.0 Å². The Kier molecular flexibility index (Phi) is 4.98. The van der Waals surface area contributed by atoms with Crippen molar-refractivity contribution in [3.63, 3.8) is 0 Å².